The summed E-state index contributed by atoms with van der Waals surface area (Å²) in [6.07, 6.45) is 0.867. The molecule has 0 bridgehead atoms. The van der Waals surface area contributed by atoms with Gasteiger partial charge in [0.1, 0.15) is 12.4 Å². The number of aldehydes is 1. The van der Waals surface area contributed by atoms with Crippen LogP contribution in [0.15, 0.2) is 35.7 Å². The summed E-state index contributed by atoms with van der Waals surface area (Å²) in [7, 11) is 0. The van der Waals surface area contributed by atoms with E-state index >= 15 is 0 Å². The molecule has 0 radical (unpaired) electrons. The zero-order chi connectivity index (χ0) is 13.0. The smallest absolute Gasteiger partial charge is 0.160 e. The lowest BCUT2D eigenvalue weighted by atomic mass is 10.0. The number of hydrogen-bond acceptors (Lipinski definition) is 3. The molecule has 2 rings (SSSR count). The molecule has 18 heavy (non-hydrogen) atoms. The van der Waals surface area contributed by atoms with Crippen LogP contribution >= 0.6 is 11.3 Å². The van der Waals surface area contributed by atoms with Crippen LogP contribution in [-0.4, -0.2) is 6.29 Å². The number of rotatable bonds is 5. The van der Waals surface area contributed by atoms with Gasteiger partial charge < -0.3 is 4.74 Å². The summed E-state index contributed by atoms with van der Waals surface area (Å²) in [5.74, 6) is 1.39. The molecule has 0 spiro atoms. The third-order valence-corrected chi connectivity index (χ3v) is 3.65. The van der Waals surface area contributed by atoms with E-state index in [1.54, 1.807) is 0 Å². The minimum absolute atomic E-state index is 0.505. The maximum Gasteiger partial charge on any atom is 0.160 e. The van der Waals surface area contributed by atoms with E-state index in [1.165, 1.54) is 16.9 Å². The Balaban J connectivity index is 1.95. The molecule has 0 saturated carbocycles. The third-order valence-electron chi connectivity index (χ3n) is 2.74. The van der Waals surface area contributed by atoms with E-state index in [1.807, 2.05) is 23.6 Å². The number of carbonyl (C=O) groups excluding carboxylic acids is 1. The molecule has 94 valence electrons. The first-order valence-corrected chi connectivity index (χ1v) is 6.82. The summed E-state index contributed by atoms with van der Waals surface area (Å²) in [5, 5.41) is 1.95. The normalized spacial score (nSPS) is 10.6. The van der Waals surface area contributed by atoms with E-state index in [9.17, 15) is 4.79 Å². The first-order valence-electron chi connectivity index (χ1n) is 5.94. The van der Waals surface area contributed by atoms with Crippen LogP contribution < -0.4 is 4.74 Å². The fraction of sp³-hybridized carbons (Fsp3) is 0.267. The standard InChI is InChI=1S/C15H16O2S/c1-11(2)13-3-5-14(6-4-13)17-9-12-7-15(8-16)18-10-12/h3-8,10-11H,9H2,1-2H3. The van der Waals surface area contributed by atoms with Gasteiger partial charge in [0.25, 0.3) is 0 Å². The Kier molecular flexibility index (Phi) is 4.15. The van der Waals surface area contributed by atoms with Gasteiger partial charge in [-0.1, -0.05) is 26.0 Å². The number of carbonyl (C=O) groups is 1. The van der Waals surface area contributed by atoms with Crippen LogP contribution in [-0.2, 0) is 6.61 Å². The molecule has 0 aliphatic carbocycles. The number of benzene rings is 1. The summed E-state index contributed by atoms with van der Waals surface area (Å²) in [5.41, 5.74) is 2.34. The molecule has 0 atom stereocenters. The van der Waals surface area contributed by atoms with Crippen LogP contribution in [0.25, 0.3) is 0 Å². The minimum Gasteiger partial charge on any atom is -0.489 e. The van der Waals surface area contributed by atoms with E-state index < -0.39 is 0 Å². The van der Waals surface area contributed by atoms with Gasteiger partial charge >= 0.3 is 0 Å². The molecular weight excluding hydrogens is 244 g/mol. The highest BCUT2D eigenvalue weighted by atomic mass is 32.1. The van der Waals surface area contributed by atoms with Gasteiger partial charge in [-0.3, -0.25) is 4.79 Å². The molecule has 0 aliphatic rings. The van der Waals surface area contributed by atoms with Crippen LogP contribution in [0.3, 0.4) is 0 Å². The maximum atomic E-state index is 10.6. The number of hydrogen-bond donors (Lipinski definition) is 0. The zero-order valence-corrected chi connectivity index (χ0v) is 11.4. The number of ether oxygens (including phenoxy) is 1. The van der Waals surface area contributed by atoms with Crippen LogP contribution in [0.4, 0.5) is 0 Å². The predicted octanol–water partition coefficient (Wildman–Crippen LogP) is 4.26. The fourth-order valence-electron chi connectivity index (χ4n) is 1.65. The van der Waals surface area contributed by atoms with Gasteiger partial charge in [0.2, 0.25) is 0 Å². The van der Waals surface area contributed by atoms with Gasteiger partial charge in [-0.15, -0.1) is 11.3 Å². The summed E-state index contributed by atoms with van der Waals surface area (Å²) >= 11 is 1.44. The average Bonchev–Trinajstić information content (AvgIpc) is 2.85. The van der Waals surface area contributed by atoms with Crippen LogP contribution in [0, 0.1) is 0 Å². The van der Waals surface area contributed by atoms with Gasteiger partial charge in [-0.05, 0) is 35.1 Å². The Morgan fingerprint density at radius 3 is 2.56 bits per heavy atom. The predicted molar refractivity (Wildman–Crippen MR) is 74.6 cm³/mol. The molecule has 0 N–H and O–H groups in total. The van der Waals surface area contributed by atoms with Gasteiger partial charge in [0, 0.05) is 5.56 Å². The Morgan fingerprint density at radius 2 is 2.00 bits per heavy atom. The van der Waals surface area contributed by atoms with E-state index in [4.69, 9.17) is 4.74 Å². The summed E-state index contributed by atoms with van der Waals surface area (Å²) in [4.78, 5) is 11.3. The van der Waals surface area contributed by atoms with E-state index in [0.29, 0.717) is 12.5 Å². The van der Waals surface area contributed by atoms with Crippen LogP contribution in [0.5, 0.6) is 5.75 Å². The molecule has 2 nitrogen and oxygen atoms in total. The largest absolute Gasteiger partial charge is 0.489 e. The molecule has 0 aliphatic heterocycles. The Labute approximate surface area is 111 Å². The highest BCUT2D eigenvalue weighted by Crippen LogP contribution is 2.20. The van der Waals surface area contributed by atoms with Gasteiger partial charge in [0.15, 0.2) is 6.29 Å². The molecule has 0 saturated heterocycles. The molecule has 1 heterocycles. The van der Waals surface area contributed by atoms with Crippen LogP contribution in [0.2, 0.25) is 0 Å². The Hall–Kier alpha value is -1.61. The van der Waals surface area contributed by atoms with Crippen molar-refractivity contribution in [1.82, 2.24) is 0 Å². The molecule has 2 aromatic rings. The number of thiophene rings is 1. The second kappa shape index (κ2) is 5.83. The maximum absolute atomic E-state index is 10.6. The van der Waals surface area contributed by atoms with Crippen molar-refractivity contribution in [3.8, 4) is 5.75 Å². The first kappa shape index (κ1) is 12.8. The van der Waals surface area contributed by atoms with Crippen molar-refractivity contribution >= 4 is 17.6 Å². The van der Waals surface area contributed by atoms with Crippen LogP contribution in [0.1, 0.15) is 40.6 Å². The molecule has 0 unspecified atom stereocenters. The van der Waals surface area contributed by atoms with Crippen molar-refractivity contribution in [2.75, 3.05) is 0 Å². The third kappa shape index (κ3) is 3.20. The summed E-state index contributed by atoms with van der Waals surface area (Å²) in [6.45, 7) is 4.84. The van der Waals surface area contributed by atoms with E-state index in [2.05, 4.69) is 26.0 Å². The molecule has 3 heteroatoms. The van der Waals surface area contributed by atoms with E-state index in [-0.39, 0.29) is 0 Å². The topological polar surface area (TPSA) is 26.3 Å². The Morgan fingerprint density at radius 1 is 1.28 bits per heavy atom. The van der Waals surface area contributed by atoms with Crippen molar-refractivity contribution in [2.45, 2.75) is 26.4 Å². The summed E-state index contributed by atoms with van der Waals surface area (Å²) < 4.78 is 5.68. The van der Waals surface area contributed by atoms with E-state index in [0.717, 1.165) is 22.5 Å². The second-order valence-corrected chi connectivity index (χ2v) is 5.43. The highest BCUT2D eigenvalue weighted by molar-refractivity contribution is 7.11. The minimum atomic E-state index is 0.505. The quantitative estimate of drug-likeness (QED) is 0.751. The monoisotopic (exact) mass is 260 g/mol. The SMILES string of the molecule is CC(C)c1ccc(OCc2csc(C=O)c2)cc1. The van der Waals surface area contributed by atoms with Gasteiger partial charge in [-0.2, -0.15) is 0 Å². The average molecular weight is 260 g/mol. The first-order chi connectivity index (χ1) is 8.69. The van der Waals surface area contributed by atoms with Gasteiger partial charge in [-0.25, -0.2) is 0 Å². The van der Waals surface area contributed by atoms with Crippen molar-refractivity contribution < 1.29 is 9.53 Å². The molecule has 1 aromatic carbocycles. The van der Waals surface area contributed by atoms with Gasteiger partial charge in [0.05, 0.1) is 4.88 Å². The molecular formula is C15H16O2S. The Bertz CT molecular complexity index is 512. The lowest BCUT2D eigenvalue weighted by molar-refractivity contribution is 0.112. The lowest BCUT2D eigenvalue weighted by Crippen LogP contribution is -1.94. The fourth-order valence-corrected chi connectivity index (χ4v) is 2.35. The lowest BCUT2D eigenvalue weighted by Gasteiger charge is -2.08. The summed E-state index contributed by atoms with van der Waals surface area (Å²) in [6, 6.07) is 10.0. The zero-order valence-electron chi connectivity index (χ0n) is 10.6. The van der Waals surface area contributed by atoms with Crippen molar-refractivity contribution in [3.05, 3.63) is 51.7 Å². The molecule has 0 amide bonds. The van der Waals surface area contributed by atoms with Crippen molar-refractivity contribution in [1.29, 1.82) is 0 Å². The molecule has 0 fully saturated rings. The van der Waals surface area contributed by atoms with Crippen molar-refractivity contribution in [2.24, 2.45) is 0 Å². The highest BCUT2D eigenvalue weighted by Gasteiger charge is 2.02. The van der Waals surface area contributed by atoms with Crippen molar-refractivity contribution in [3.63, 3.8) is 0 Å². The second-order valence-electron chi connectivity index (χ2n) is 4.49. The molecule has 1 aromatic heterocycles.